The summed E-state index contributed by atoms with van der Waals surface area (Å²) in [5.41, 5.74) is -0.0143. The summed E-state index contributed by atoms with van der Waals surface area (Å²) in [6.07, 6.45) is -4.20. The first kappa shape index (κ1) is 18.4. The van der Waals surface area contributed by atoms with Crippen molar-refractivity contribution >= 4 is 23.3 Å². The molecule has 1 fully saturated rings. The number of anilines is 1. The second kappa shape index (κ2) is 6.41. The Balaban J connectivity index is 2.00. The molecule has 2 aliphatic rings. The minimum atomic E-state index is -5.00. The molecule has 0 bridgehead atoms. The number of hydrogen-bond donors (Lipinski definition) is 1. The predicted octanol–water partition coefficient (Wildman–Crippen LogP) is 2.80. The summed E-state index contributed by atoms with van der Waals surface area (Å²) in [5.74, 6) is -2.40. The largest absolute Gasteiger partial charge is 0.471 e. The number of nitrogens with zero attached hydrogens (tertiary/aromatic N) is 1. The second-order valence-electron chi connectivity index (χ2n) is 6.83. The Morgan fingerprint density at radius 3 is 2.65 bits per heavy atom. The molecule has 0 radical (unpaired) electrons. The van der Waals surface area contributed by atoms with Crippen LogP contribution in [0.1, 0.15) is 38.2 Å². The van der Waals surface area contributed by atoms with Crippen LogP contribution in [0.3, 0.4) is 0 Å². The van der Waals surface area contributed by atoms with Gasteiger partial charge in [0.2, 0.25) is 5.91 Å². The summed E-state index contributed by atoms with van der Waals surface area (Å²) in [6, 6.07) is 5.94. The number of carbonyl (C=O) groups is 3. The molecule has 8 heteroatoms. The van der Waals surface area contributed by atoms with E-state index in [1.807, 2.05) is 0 Å². The van der Waals surface area contributed by atoms with E-state index in [0.29, 0.717) is 17.7 Å². The third kappa shape index (κ3) is 2.87. The lowest BCUT2D eigenvalue weighted by atomic mass is 9.73. The monoisotopic (exact) mass is 368 g/mol. The molecule has 2 aliphatic heterocycles. The quantitative estimate of drug-likeness (QED) is 0.889. The number of nitrogens with one attached hydrogen (secondary N) is 1. The maximum atomic E-state index is 13.0. The molecule has 140 valence electrons. The van der Waals surface area contributed by atoms with Gasteiger partial charge in [0.1, 0.15) is 5.78 Å². The van der Waals surface area contributed by atoms with E-state index in [9.17, 15) is 27.6 Å². The van der Waals surface area contributed by atoms with Crippen molar-refractivity contribution in [3.63, 3.8) is 0 Å². The van der Waals surface area contributed by atoms with Crippen molar-refractivity contribution in [3.05, 3.63) is 29.8 Å². The number of fused-ring (bicyclic) bond motifs is 2. The van der Waals surface area contributed by atoms with E-state index in [-0.39, 0.29) is 37.5 Å². The molecule has 2 amide bonds. The Kier molecular flexibility index (Phi) is 4.54. The number of alkyl halides is 3. The third-order valence-electron chi connectivity index (χ3n) is 5.26. The van der Waals surface area contributed by atoms with E-state index in [4.69, 9.17) is 0 Å². The highest BCUT2D eigenvalue weighted by atomic mass is 19.4. The molecule has 26 heavy (non-hydrogen) atoms. The van der Waals surface area contributed by atoms with Gasteiger partial charge in [-0.3, -0.25) is 9.59 Å². The molecule has 0 saturated carbocycles. The van der Waals surface area contributed by atoms with Crippen molar-refractivity contribution in [3.8, 4) is 0 Å². The Bertz CT molecular complexity index is 762. The van der Waals surface area contributed by atoms with E-state index >= 15 is 0 Å². The number of para-hydroxylation sites is 1. The van der Waals surface area contributed by atoms with Gasteiger partial charge in [0.05, 0.1) is 11.5 Å². The van der Waals surface area contributed by atoms with Crippen LogP contribution in [0.15, 0.2) is 24.3 Å². The number of Topliss-reactive ketones (excluding diaryl/α,β-unsaturated/α-hetero) is 1. The fraction of sp³-hybridized carbons (Fsp3) is 0.500. The second-order valence-corrected chi connectivity index (χ2v) is 6.83. The third-order valence-corrected chi connectivity index (χ3v) is 5.26. The van der Waals surface area contributed by atoms with E-state index in [2.05, 4.69) is 5.32 Å². The smallest absolute Gasteiger partial charge is 0.330 e. The minimum Gasteiger partial charge on any atom is -0.330 e. The maximum absolute atomic E-state index is 13.0. The zero-order chi connectivity index (χ0) is 19.1. The Hall–Kier alpha value is -2.38. The van der Waals surface area contributed by atoms with Crippen molar-refractivity contribution in [1.29, 1.82) is 0 Å². The first-order chi connectivity index (χ1) is 12.2. The molecule has 1 saturated heterocycles. The molecule has 1 aromatic rings. The molecule has 1 aromatic carbocycles. The lowest BCUT2D eigenvalue weighted by Crippen LogP contribution is -2.51. The molecule has 1 N–H and O–H groups in total. The van der Waals surface area contributed by atoms with Gasteiger partial charge >= 0.3 is 12.1 Å². The number of ketones is 1. The molecule has 2 heterocycles. The zero-order valence-corrected chi connectivity index (χ0v) is 14.2. The van der Waals surface area contributed by atoms with Crippen LogP contribution in [-0.4, -0.2) is 41.3 Å². The van der Waals surface area contributed by atoms with E-state index < -0.39 is 23.5 Å². The van der Waals surface area contributed by atoms with Crippen LogP contribution >= 0.6 is 0 Å². The van der Waals surface area contributed by atoms with Crippen LogP contribution in [0, 0.1) is 0 Å². The van der Waals surface area contributed by atoms with Crippen LogP contribution in [0.25, 0.3) is 0 Å². The van der Waals surface area contributed by atoms with E-state index in [1.54, 1.807) is 24.3 Å². The van der Waals surface area contributed by atoms with Crippen LogP contribution in [0.2, 0.25) is 0 Å². The lowest BCUT2D eigenvalue weighted by Gasteiger charge is -2.34. The molecule has 0 unspecified atom stereocenters. The summed E-state index contributed by atoms with van der Waals surface area (Å²) >= 11 is 0. The normalized spacial score (nSPS) is 24.7. The van der Waals surface area contributed by atoms with Gasteiger partial charge in [-0.15, -0.1) is 0 Å². The SMILES string of the molecule is CC(=O)CCC[C@H]1N(C(=O)C(F)(F)F)CC[C@@]12C(=O)Nc1ccccc12. The predicted molar refractivity (Wildman–Crippen MR) is 87.5 cm³/mol. The number of amides is 2. The molecular formula is C18H19F3N2O3. The average molecular weight is 368 g/mol. The Labute approximate surface area is 148 Å². The minimum absolute atomic E-state index is 0.0815. The van der Waals surface area contributed by atoms with Crippen LogP contribution in [-0.2, 0) is 19.8 Å². The number of halogens is 3. The molecular weight excluding hydrogens is 349 g/mol. The van der Waals surface area contributed by atoms with E-state index in [1.165, 1.54) is 6.92 Å². The highest BCUT2D eigenvalue weighted by molar-refractivity contribution is 6.07. The topological polar surface area (TPSA) is 66.5 Å². The Morgan fingerprint density at radius 2 is 2.00 bits per heavy atom. The van der Waals surface area contributed by atoms with Gasteiger partial charge in [-0.2, -0.15) is 13.2 Å². The van der Waals surface area contributed by atoms with Crippen molar-refractivity contribution in [2.24, 2.45) is 0 Å². The summed E-state index contributed by atoms with van der Waals surface area (Å²) in [5, 5.41) is 2.73. The molecule has 0 aliphatic carbocycles. The highest BCUT2D eigenvalue weighted by Crippen LogP contribution is 2.50. The van der Waals surface area contributed by atoms with Gasteiger partial charge in [-0.05, 0) is 37.8 Å². The number of hydrogen-bond acceptors (Lipinski definition) is 3. The van der Waals surface area contributed by atoms with Gasteiger partial charge in [0.15, 0.2) is 0 Å². The number of likely N-dealkylation sites (tertiary alicyclic amines) is 1. The van der Waals surface area contributed by atoms with Crippen molar-refractivity contribution in [2.45, 2.75) is 50.2 Å². The maximum Gasteiger partial charge on any atom is 0.471 e. The average Bonchev–Trinajstić information content (AvgIpc) is 3.06. The first-order valence-corrected chi connectivity index (χ1v) is 8.46. The molecule has 3 rings (SSSR count). The van der Waals surface area contributed by atoms with Crippen molar-refractivity contribution in [2.75, 3.05) is 11.9 Å². The summed E-state index contributed by atoms with van der Waals surface area (Å²) < 4.78 is 39.1. The van der Waals surface area contributed by atoms with Gasteiger partial charge in [0, 0.05) is 18.7 Å². The zero-order valence-electron chi connectivity index (χ0n) is 14.2. The molecule has 5 nitrogen and oxygen atoms in total. The standard InChI is InChI=1S/C18H19F3N2O3/c1-11(24)5-4-8-14-17(9-10-23(14)16(26)18(19,20)21)12-6-2-3-7-13(12)22-15(17)25/h2-3,6-7,14H,4-5,8-10H2,1H3,(H,22,25)/t14-,17+/m1/s1. The molecule has 1 spiro atoms. The first-order valence-electron chi connectivity index (χ1n) is 8.46. The summed E-state index contributed by atoms with van der Waals surface area (Å²) in [7, 11) is 0. The molecule has 2 atom stereocenters. The van der Waals surface area contributed by atoms with Crippen molar-refractivity contribution in [1.82, 2.24) is 4.90 Å². The fourth-order valence-corrected chi connectivity index (χ4v) is 4.15. The van der Waals surface area contributed by atoms with Gasteiger partial charge < -0.3 is 15.0 Å². The van der Waals surface area contributed by atoms with Crippen LogP contribution in [0.4, 0.5) is 18.9 Å². The highest BCUT2D eigenvalue weighted by Gasteiger charge is 2.60. The number of benzene rings is 1. The fourth-order valence-electron chi connectivity index (χ4n) is 4.15. The summed E-state index contributed by atoms with van der Waals surface area (Å²) in [6.45, 7) is 1.26. The van der Waals surface area contributed by atoms with Crippen molar-refractivity contribution < 1.29 is 27.6 Å². The van der Waals surface area contributed by atoms with Crippen LogP contribution < -0.4 is 5.32 Å². The summed E-state index contributed by atoms with van der Waals surface area (Å²) in [4.78, 5) is 36.7. The van der Waals surface area contributed by atoms with E-state index in [0.717, 1.165) is 4.90 Å². The number of carbonyl (C=O) groups excluding carboxylic acids is 3. The van der Waals surface area contributed by atoms with Gasteiger partial charge in [-0.1, -0.05) is 18.2 Å². The van der Waals surface area contributed by atoms with Crippen LogP contribution in [0.5, 0.6) is 0 Å². The van der Waals surface area contributed by atoms with Gasteiger partial charge in [0.25, 0.3) is 0 Å². The molecule has 0 aromatic heterocycles. The van der Waals surface area contributed by atoms with Gasteiger partial charge in [-0.25, -0.2) is 0 Å². The lowest BCUT2D eigenvalue weighted by molar-refractivity contribution is -0.187. The number of rotatable bonds is 4. The Morgan fingerprint density at radius 1 is 1.31 bits per heavy atom.